The third-order valence-corrected chi connectivity index (χ3v) is 6.00. The lowest BCUT2D eigenvalue weighted by Crippen LogP contribution is -2.04. The number of nitro benzene ring substituents is 2. The van der Waals surface area contributed by atoms with Crippen LogP contribution < -0.4 is 0 Å². The van der Waals surface area contributed by atoms with E-state index < -0.39 is 44.4 Å². The minimum atomic E-state index is -1.48. The van der Waals surface area contributed by atoms with Gasteiger partial charge >= 0.3 is 11.9 Å². The van der Waals surface area contributed by atoms with Crippen LogP contribution in [-0.4, -0.2) is 42.2 Å². The fraction of sp³-hybridized carbons (Fsp3) is 0.0370. The second-order valence-corrected chi connectivity index (χ2v) is 8.47. The largest absolute Gasteiger partial charge is 0.507 e. The third kappa shape index (κ3) is 5.34. The zero-order chi connectivity index (χ0) is 28.4. The van der Waals surface area contributed by atoms with Crippen LogP contribution in [0.25, 0.3) is 22.3 Å². The number of phenols is 2. The number of nitrogens with zero attached hydrogens (tertiary/aromatic N) is 2. The van der Waals surface area contributed by atoms with Crippen LogP contribution in [0.1, 0.15) is 31.8 Å². The minimum Gasteiger partial charge on any atom is -0.507 e. The van der Waals surface area contributed by atoms with Gasteiger partial charge < -0.3 is 20.4 Å². The molecule has 0 amide bonds. The van der Waals surface area contributed by atoms with E-state index >= 15 is 0 Å². The summed E-state index contributed by atoms with van der Waals surface area (Å²) in [6, 6.07) is 15.8. The van der Waals surface area contributed by atoms with Gasteiger partial charge in [0.25, 0.3) is 11.4 Å². The molecule has 39 heavy (non-hydrogen) atoms. The first-order valence-electron chi connectivity index (χ1n) is 11.1. The van der Waals surface area contributed by atoms with Gasteiger partial charge in [0.1, 0.15) is 22.6 Å². The van der Waals surface area contributed by atoms with Crippen molar-refractivity contribution >= 4 is 23.3 Å². The first kappa shape index (κ1) is 26.3. The molecule has 0 atom stereocenters. The summed E-state index contributed by atoms with van der Waals surface area (Å²) in [5, 5.41) is 63.2. The first-order chi connectivity index (χ1) is 18.5. The first-order valence-corrected chi connectivity index (χ1v) is 11.1. The van der Waals surface area contributed by atoms with Crippen LogP contribution in [0, 0.1) is 20.2 Å². The quantitative estimate of drug-likeness (QED) is 0.172. The SMILES string of the molecule is O=C(O)c1cc(-c2cccc([N+](=O)[O-])c2)cc(Cc2cc(-c3cccc([N+](=O)[O-])c3)cc(C(=O)O)c2O)c1O. The summed E-state index contributed by atoms with van der Waals surface area (Å²) < 4.78 is 0. The van der Waals surface area contributed by atoms with Crippen molar-refractivity contribution in [1.82, 2.24) is 0 Å². The number of carboxylic acid groups (broad SMARTS) is 2. The Morgan fingerprint density at radius 1 is 0.615 bits per heavy atom. The summed E-state index contributed by atoms with van der Waals surface area (Å²) >= 11 is 0. The summed E-state index contributed by atoms with van der Waals surface area (Å²) in [6.07, 6.45) is -0.343. The van der Waals surface area contributed by atoms with Gasteiger partial charge in [-0.2, -0.15) is 0 Å². The maximum absolute atomic E-state index is 11.9. The van der Waals surface area contributed by atoms with Crippen molar-refractivity contribution in [3.05, 3.63) is 115 Å². The zero-order valence-electron chi connectivity index (χ0n) is 19.8. The molecule has 0 heterocycles. The summed E-state index contributed by atoms with van der Waals surface area (Å²) in [5.41, 5.74) is -0.530. The van der Waals surface area contributed by atoms with Gasteiger partial charge in [-0.25, -0.2) is 9.59 Å². The van der Waals surface area contributed by atoms with Gasteiger partial charge in [-0.1, -0.05) is 24.3 Å². The van der Waals surface area contributed by atoms with E-state index in [1.54, 1.807) is 0 Å². The normalized spacial score (nSPS) is 10.7. The van der Waals surface area contributed by atoms with Crippen molar-refractivity contribution in [1.29, 1.82) is 0 Å². The molecule has 0 fully saturated rings. The molecule has 0 aromatic heterocycles. The lowest BCUT2D eigenvalue weighted by molar-refractivity contribution is -0.385. The van der Waals surface area contributed by atoms with E-state index in [0.717, 1.165) is 12.1 Å². The van der Waals surface area contributed by atoms with Crippen LogP contribution in [0.5, 0.6) is 11.5 Å². The Morgan fingerprint density at radius 3 is 1.33 bits per heavy atom. The Morgan fingerprint density at radius 2 is 1.00 bits per heavy atom. The maximum atomic E-state index is 11.9. The van der Waals surface area contributed by atoms with Crippen molar-refractivity contribution in [2.75, 3.05) is 0 Å². The van der Waals surface area contributed by atoms with E-state index in [0.29, 0.717) is 0 Å². The molecule has 0 radical (unpaired) electrons. The standard InChI is InChI=1S/C27H18N2O10/c30-24-18(7-16(12-22(24)26(32)33)14-3-1-5-20(10-14)28(36)37)9-19-8-17(13-23(25(19)31)27(34)35)15-4-2-6-21(11-15)29(38)39/h1-8,10-13,30-31H,9H2,(H,32,33)(H,34,35). The molecule has 0 saturated heterocycles. The number of carbonyl (C=O) groups is 2. The van der Waals surface area contributed by atoms with Crippen molar-refractivity contribution in [2.45, 2.75) is 6.42 Å². The fourth-order valence-electron chi connectivity index (χ4n) is 4.12. The van der Waals surface area contributed by atoms with Crippen LogP contribution in [0.3, 0.4) is 0 Å². The second kappa shape index (κ2) is 10.3. The molecular formula is C27H18N2O10. The second-order valence-electron chi connectivity index (χ2n) is 8.47. The van der Waals surface area contributed by atoms with E-state index in [-0.39, 0.29) is 51.2 Å². The highest BCUT2D eigenvalue weighted by Gasteiger charge is 2.22. The number of hydrogen-bond donors (Lipinski definition) is 4. The Kier molecular flexibility index (Phi) is 6.94. The van der Waals surface area contributed by atoms with Crippen LogP contribution in [0.15, 0.2) is 72.8 Å². The highest BCUT2D eigenvalue weighted by molar-refractivity contribution is 5.95. The fourth-order valence-corrected chi connectivity index (χ4v) is 4.12. The van der Waals surface area contributed by atoms with Crippen molar-refractivity contribution in [3.63, 3.8) is 0 Å². The number of non-ortho nitro benzene ring substituents is 2. The number of benzene rings is 4. The summed E-state index contributed by atoms with van der Waals surface area (Å²) in [7, 11) is 0. The average molecular weight is 530 g/mol. The van der Waals surface area contributed by atoms with Gasteiger partial charge in [-0.15, -0.1) is 0 Å². The third-order valence-electron chi connectivity index (χ3n) is 6.00. The lowest BCUT2D eigenvalue weighted by atomic mass is 9.91. The molecule has 4 N–H and O–H groups in total. The monoisotopic (exact) mass is 530 g/mol. The van der Waals surface area contributed by atoms with Crippen molar-refractivity contribution < 1.29 is 39.9 Å². The molecule has 0 unspecified atom stereocenters. The molecular weight excluding hydrogens is 512 g/mol. The van der Waals surface area contributed by atoms with Crippen LogP contribution in [0.2, 0.25) is 0 Å². The smallest absolute Gasteiger partial charge is 0.339 e. The number of carboxylic acids is 2. The molecule has 4 rings (SSSR count). The van der Waals surface area contributed by atoms with Gasteiger partial charge in [-0.05, 0) is 57.6 Å². The number of rotatable bonds is 8. The number of nitro groups is 2. The molecule has 12 nitrogen and oxygen atoms in total. The minimum absolute atomic E-state index is 0.0146. The van der Waals surface area contributed by atoms with E-state index in [4.69, 9.17) is 0 Å². The topological polar surface area (TPSA) is 201 Å². The molecule has 0 aliphatic rings. The molecule has 4 aromatic rings. The predicted octanol–water partition coefficient (Wildman–Crippen LogP) is 5.24. The van der Waals surface area contributed by atoms with Crippen LogP contribution in [-0.2, 0) is 6.42 Å². The van der Waals surface area contributed by atoms with Gasteiger partial charge in [0.15, 0.2) is 0 Å². The average Bonchev–Trinajstić information content (AvgIpc) is 2.90. The molecule has 196 valence electrons. The predicted molar refractivity (Wildman–Crippen MR) is 137 cm³/mol. The molecule has 4 aromatic carbocycles. The Bertz CT molecular complexity index is 1560. The summed E-state index contributed by atoms with van der Waals surface area (Å²) in [6.45, 7) is 0. The Balaban J connectivity index is 1.89. The van der Waals surface area contributed by atoms with Crippen molar-refractivity contribution in [3.8, 4) is 33.8 Å². The van der Waals surface area contributed by atoms with Crippen LogP contribution in [0.4, 0.5) is 11.4 Å². The van der Waals surface area contributed by atoms with E-state index in [1.165, 1.54) is 60.7 Å². The van der Waals surface area contributed by atoms with Crippen molar-refractivity contribution in [2.24, 2.45) is 0 Å². The zero-order valence-corrected chi connectivity index (χ0v) is 19.8. The van der Waals surface area contributed by atoms with E-state index in [9.17, 15) is 50.2 Å². The molecule has 12 heteroatoms. The number of aromatic hydroxyl groups is 2. The summed E-state index contributed by atoms with van der Waals surface area (Å²) in [4.78, 5) is 44.9. The van der Waals surface area contributed by atoms with Gasteiger partial charge in [0.05, 0.1) is 9.85 Å². The highest BCUT2D eigenvalue weighted by Crippen LogP contribution is 2.37. The van der Waals surface area contributed by atoms with Gasteiger partial charge in [0, 0.05) is 30.7 Å². The van der Waals surface area contributed by atoms with Gasteiger partial charge in [0.2, 0.25) is 0 Å². The molecule has 0 bridgehead atoms. The lowest BCUT2D eigenvalue weighted by Gasteiger charge is -2.15. The number of aromatic carboxylic acids is 2. The Labute approximate surface area is 219 Å². The Hall–Kier alpha value is -5.78. The highest BCUT2D eigenvalue weighted by atomic mass is 16.6. The molecule has 0 aliphatic heterocycles. The molecule has 0 spiro atoms. The van der Waals surface area contributed by atoms with E-state index in [1.807, 2.05) is 0 Å². The molecule has 0 saturated carbocycles. The maximum Gasteiger partial charge on any atom is 0.339 e. The van der Waals surface area contributed by atoms with Gasteiger partial charge in [-0.3, -0.25) is 20.2 Å². The summed E-state index contributed by atoms with van der Waals surface area (Å²) in [5.74, 6) is -4.26. The van der Waals surface area contributed by atoms with E-state index in [2.05, 4.69) is 0 Å². The molecule has 0 aliphatic carbocycles. The number of hydrogen-bond acceptors (Lipinski definition) is 8. The van der Waals surface area contributed by atoms with Crippen LogP contribution >= 0.6 is 0 Å².